The number of hydrogen-bond acceptors (Lipinski definition) is 3. The Labute approximate surface area is 101 Å². The molecular weight excluding hydrogens is 216 g/mol. The first-order valence-corrected chi connectivity index (χ1v) is 5.61. The lowest BCUT2D eigenvalue weighted by Crippen LogP contribution is -2.07. The first-order valence-electron chi connectivity index (χ1n) is 5.61. The molecule has 1 atom stereocenters. The zero-order valence-corrected chi connectivity index (χ0v) is 10.2. The molecule has 0 saturated carbocycles. The summed E-state index contributed by atoms with van der Waals surface area (Å²) in [4.78, 5) is 12.1. The zero-order valence-electron chi connectivity index (χ0n) is 10.2. The van der Waals surface area contributed by atoms with Crippen molar-refractivity contribution in [1.29, 1.82) is 0 Å². The molecule has 3 heteroatoms. The number of carbonyl (C=O) groups is 1. The molecule has 90 valence electrons. The van der Waals surface area contributed by atoms with Gasteiger partial charge >= 0.3 is 0 Å². The van der Waals surface area contributed by atoms with Crippen molar-refractivity contribution in [2.75, 3.05) is 14.2 Å². The van der Waals surface area contributed by atoms with Crippen molar-refractivity contribution in [3.8, 4) is 11.5 Å². The van der Waals surface area contributed by atoms with E-state index in [2.05, 4.69) is 6.58 Å². The Hall–Kier alpha value is -1.77. The normalized spacial score (nSPS) is 17.8. The van der Waals surface area contributed by atoms with Crippen molar-refractivity contribution < 1.29 is 14.3 Å². The number of allylic oxidation sites excluding steroid dienone is 1. The van der Waals surface area contributed by atoms with E-state index < -0.39 is 0 Å². The van der Waals surface area contributed by atoms with E-state index in [1.54, 1.807) is 26.4 Å². The molecule has 1 aromatic carbocycles. The third kappa shape index (κ3) is 1.93. The molecule has 1 aromatic rings. The third-order valence-corrected chi connectivity index (χ3v) is 3.16. The number of ketones is 1. The van der Waals surface area contributed by atoms with E-state index in [1.807, 2.05) is 6.07 Å². The smallest absolute Gasteiger partial charge is 0.167 e. The molecular formula is C14H16O3. The number of Topliss-reactive ketones (excluding diaryl/α,β-unsaturated/α-hetero) is 1. The van der Waals surface area contributed by atoms with Crippen LogP contribution in [0.5, 0.6) is 11.5 Å². The van der Waals surface area contributed by atoms with Crippen LogP contribution in [0.3, 0.4) is 0 Å². The summed E-state index contributed by atoms with van der Waals surface area (Å²) in [6, 6.07) is 3.68. The van der Waals surface area contributed by atoms with Gasteiger partial charge in [0.05, 0.1) is 14.2 Å². The molecule has 0 aromatic heterocycles. The van der Waals surface area contributed by atoms with Gasteiger partial charge in [0.2, 0.25) is 0 Å². The fourth-order valence-corrected chi connectivity index (χ4v) is 2.29. The highest BCUT2D eigenvalue weighted by molar-refractivity contribution is 6.03. The van der Waals surface area contributed by atoms with Gasteiger partial charge in [-0.2, -0.15) is 0 Å². The number of hydrogen-bond donors (Lipinski definition) is 0. The number of carbonyl (C=O) groups excluding carboxylic acids is 1. The Bertz CT molecular complexity index is 463. The summed E-state index contributed by atoms with van der Waals surface area (Å²) >= 11 is 0. The van der Waals surface area contributed by atoms with Gasteiger partial charge < -0.3 is 9.47 Å². The molecule has 0 bridgehead atoms. The van der Waals surface area contributed by atoms with Crippen molar-refractivity contribution in [3.63, 3.8) is 0 Å². The molecule has 3 nitrogen and oxygen atoms in total. The topological polar surface area (TPSA) is 35.5 Å². The average Bonchev–Trinajstić information content (AvgIpc) is 2.65. The van der Waals surface area contributed by atoms with E-state index in [0.29, 0.717) is 11.5 Å². The lowest BCUT2D eigenvalue weighted by atomic mass is 10.0. The van der Waals surface area contributed by atoms with Gasteiger partial charge in [-0.1, -0.05) is 6.08 Å². The highest BCUT2D eigenvalue weighted by Crippen LogP contribution is 2.37. The van der Waals surface area contributed by atoms with Crippen LogP contribution in [0.15, 0.2) is 24.8 Å². The number of methoxy groups -OCH3 is 2. The van der Waals surface area contributed by atoms with Crippen molar-refractivity contribution in [2.45, 2.75) is 12.8 Å². The predicted octanol–water partition coefficient (Wildman–Crippen LogP) is 2.63. The summed E-state index contributed by atoms with van der Waals surface area (Å²) in [6.07, 6.45) is 3.28. The van der Waals surface area contributed by atoms with E-state index in [9.17, 15) is 4.79 Å². The average molecular weight is 232 g/mol. The molecule has 1 aliphatic rings. The minimum Gasteiger partial charge on any atom is -0.493 e. The number of fused-ring (bicyclic) bond motifs is 1. The molecule has 0 amide bonds. The summed E-state index contributed by atoms with van der Waals surface area (Å²) in [7, 11) is 3.17. The molecule has 0 aliphatic heterocycles. The largest absolute Gasteiger partial charge is 0.493 e. The van der Waals surface area contributed by atoms with Crippen LogP contribution in [0.1, 0.15) is 22.3 Å². The Balaban J connectivity index is 2.41. The number of ether oxygens (including phenoxy) is 2. The molecule has 0 saturated heterocycles. The van der Waals surface area contributed by atoms with Crippen LogP contribution < -0.4 is 9.47 Å². The highest BCUT2D eigenvalue weighted by Gasteiger charge is 2.30. The second-order valence-corrected chi connectivity index (χ2v) is 4.15. The summed E-state index contributed by atoms with van der Waals surface area (Å²) in [5.74, 6) is 1.50. The van der Waals surface area contributed by atoms with Gasteiger partial charge in [-0.25, -0.2) is 0 Å². The van der Waals surface area contributed by atoms with E-state index in [4.69, 9.17) is 9.47 Å². The van der Waals surface area contributed by atoms with Crippen molar-refractivity contribution >= 4 is 5.78 Å². The molecule has 0 spiro atoms. The summed E-state index contributed by atoms with van der Waals surface area (Å²) < 4.78 is 10.4. The van der Waals surface area contributed by atoms with Gasteiger partial charge in [-0.15, -0.1) is 6.58 Å². The zero-order chi connectivity index (χ0) is 12.4. The Morgan fingerprint density at radius 1 is 1.35 bits per heavy atom. The quantitative estimate of drug-likeness (QED) is 0.749. The SMILES string of the molecule is C=CCC1Cc2cc(OC)c(OC)cc2C1=O. The van der Waals surface area contributed by atoms with Crippen LogP contribution in [0.2, 0.25) is 0 Å². The second kappa shape index (κ2) is 4.62. The lowest BCUT2D eigenvalue weighted by molar-refractivity contribution is 0.0937. The summed E-state index contributed by atoms with van der Waals surface area (Å²) in [6.45, 7) is 3.69. The molecule has 17 heavy (non-hydrogen) atoms. The maximum absolute atomic E-state index is 12.1. The fraction of sp³-hybridized carbons (Fsp3) is 0.357. The minimum atomic E-state index is 0.0271. The molecule has 1 unspecified atom stereocenters. The number of benzene rings is 1. The van der Waals surface area contributed by atoms with Gasteiger partial charge in [0.25, 0.3) is 0 Å². The van der Waals surface area contributed by atoms with Gasteiger partial charge in [0, 0.05) is 11.5 Å². The van der Waals surface area contributed by atoms with Crippen LogP contribution in [0.4, 0.5) is 0 Å². The van der Waals surface area contributed by atoms with Crippen molar-refractivity contribution in [3.05, 3.63) is 35.9 Å². The van der Waals surface area contributed by atoms with Crippen LogP contribution in [-0.2, 0) is 6.42 Å². The number of rotatable bonds is 4. The maximum atomic E-state index is 12.1. The summed E-state index contributed by atoms with van der Waals surface area (Å²) in [5, 5.41) is 0. The Morgan fingerprint density at radius 2 is 2.00 bits per heavy atom. The van der Waals surface area contributed by atoms with Gasteiger partial charge in [-0.05, 0) is 30.5 Å². The Kier molecular flexibility index (Phi) is 3.18. The van der Waals surface area contributed by atoms with Gasteiger partial charge in [0.1, 0.15) is 0 Å². The van der Waals surface area contributed by atoms with Crippen LogP contribution >= 0.6 is 0 Å². The van der Waals surface area contributed by atoms with Crippen molar-refractivity contribution in [1.82, 2.24) is 0 Å². The van der Waals surface area contributed by atoms with Crippen LogP contribution in [-0.4, -0.2) is 20.0 Å². The standard InChI is InChI=1S/C14H16O3/c1-4-5-9-6-10-7-12(16-2)13(17-3)8-11(10)14(9)15/h4,7-9H,1,5-6H2,2-3H3. The van der Waals surface area contributed by atoms with Crippen molar-refractivity contribution in [2.24, 2.45) is 5.92 Å². The van der Waals surface area contributed by atoms with E-state index in [-0.39, 0.29) is 11.7 Å². The molecule has 0 N–H and O–H groups in total. The van der Waals surface area contributed by atoms with E-state index >= 15 is 0 Å². The fourth-order valence-electron chi connectivity index (χ4n) is 2.29. The Morgan fingerprint density at radius 3 is 2.59 bits per heavy atom. The predicted molar refractivity (Wildman–Crippen MR) is 65.9 cm³/mol. The monoisotopic (exact) mass is 232 g/mol. The van der Waals surface area contributed by atoms with Gasteiger partial charge in [0.15, 0.2) is 17.3 Å². The first kappa shape index (κ1) is 11.7. The summed E-state index contributed by atoms with van der Waals surface area (Å²) in [5.41, 5.74) is 1.80. The molecule has 2 rings (SSSR count). The minimum absolute atomic E-state index is 0.0271. The first-order chi connectivity index (χ1) is 8.21. The molecule has 0 fully saturated rings. The molecule has 0 heterocycles. The van der Waals surface area contributed by atoms with Gasteiger partial charge in [-0.3, -0.25) is 4.79 Å². The highest BCUT2D eigenvalue weighted by atomic mass is 16.5. The maximum Gasteiger partial charge on any atom is 0.167 e. The molecule has 0 radical (unpaired) electrons. The second-order valence-electron chi connectivity index (χ2n) is 4.15. The molecule has 1 aliphatic carbocycles. The van der Waals surface area contributed by atoms with Crippen LogP contribution in [0.25, 0.3) is 0 Å². The van der Waals surface area contributed by atoms with E-state index in [1.165, 1.54) is 0 Å². The third-order valence-electron chi connectivity index (χ3n) is 3.16. The van der Waals surface area contributed by atoms with E-state index in [0.717, 1.165) is 24.0 Å². The van der Waals surface area contributed by atoms with Crippen LogP contribution in [0, 0.1) is 5.92 Å². The lowest BCUT2D eigenvalue weighted by Gasteiger charge is -2.09.